The van der Waals surface area contributed by atoms with Gasteiger partial charge in [0.2, 0.25) is 5.91 Å². The molecule has 1 aromatic carbocycles. The minimum atomic E-state index is -3.82. The molecule has 0 saturated heterocycles. The molecule has 0 radical (unpaired) electrons. The Kier molecular flexibility index (Phi) is 6.67. The van der Waals surface area contributed by atoms with Gasteiger partial charge >= 0.3 is 0 Å². The Bertz CT molecular complexity index is 1280. The van der Waals surface area contributed by atoms with Crippen LogP contribution in [0.5, 0.6) is 0 Å². The highest BCUT2D eigenvalue weighted by atomic mass is 32.2. The maximum Gasteiger partial charge on any atom is 0.261 e. The van der Waals surface area contributed by atoms with Crippen LogP contribution >= 0.6 is 0 Å². The summed E-state index contributed by atoms with van der Waals surface area (Å²) < 4.78 is 27.7. The monoisotopic (exact) mass is 484 g/mol. The largest absolute Gasteiger partial charge is 0.322 e. The normalized spacial score (nSPS) is 18.7. The van der Waals surface area contributed by atoms with Crippen molar-refractivity contribution in [3.05, 3.63) is 48.3 Å². The second-order valence-corrected chi connectivity index (χ2v) is 10.7. The molecule has 2 N–H and O–H groups in total. The first-order valence-electron chi connectivity index (χ1n) is 11.1. The summed E-state index contributed by atoms with van der Waals surface area (Å²) in [6.07, 6.45) is 5.84. The van der Waals surface area contributed by atoms with E-state index in [1.54, 1.807) is 18.3 Å². The second kappa shape index (κ2) is 9.51. The van der Waals surface area contributed by atoms with E-state index in [1.807, 2.05) is 18.2 Å². The number of aryl methyl sites for hydroxylation is 1. The Morgan fingerprint density at radius 3 is 2.38 bits per heavy atom. The number of sulfonamides is 1. The molecule has 1 amide bonds. The third kappa shape index (κ3) is 4.53. The number of carbonyl (C=O) groups excluding carboxylic acids is 2. The highest BCUT2D eigenvalue weighted by molar-refractivity contribution is 7.89. The molecule has 4 rings (SSSR count). The first-order valence-corrected chi connectivity index (χ1v) is 12.5. The number of Topliss-reactive ketones (excluding diaryl/α,β-unsaturated/α-hetero) is 1. The summed E-state index contributed by atoms with van der Waals surface area (Å²) in [6, 6.07) is 9.09. The van der Waals surface area contributed by atoms with Crippen molar-refractivity contribution in [2.45, 2.75) is 30.7 Å². The lowest BCUT2D eigenvalue weighted by molar-refractivity contribution is -0.122. The SMILES string of the molecule is CN(C)S(=O)(=O)c1c(NC(=O)[C@@H]2CCCC[C@H]2C(=O)c2ccc(-c3ccn[nH]3)cc2)cnn1C. The van der Waals surface area contributed by atoms with Gasteiger partial charge in [0.05, 0.1) is 11.9 Å². The molecule has 0 aliphatic heterocycles. The molecule has 1 fully saturated rings. The number of carbonyl (C=O) groups is 2. The molecule has 1 aliphatic rings. The lowest BCUT2D eigenvalue weighted by atomic mass is 9.75. The van der Waals surface area contributed by atoms with Crippen LogP contribution < -0.4 is 5.32 Å². The lowest BCUT2D eigenvalue weighted by Gasteiger charge is -2.29. The molecule has 10 nitrogen and oxygen atoms in total. The van der Waals surface area contributed by atoms with E-state index in [2.05, 4.69) is 20.6 Å². The van der Waals surface area contributed by atoms with Crippen LogP contribution in [0.2, 0.25) is 0 Å². The van der Waals surface area contributed by atoms with Gasteiger partial charge in [0.15, 0.2) is 10.8 Å². The van der Waals surface area contributed by atoms with E-state index >= 15 is 0 Å². The molecule has 1 saturated carbocycles. The third-order valence-electron chi connectivity index (χ3n) is 6.29. The fourth-order valence-corrected chi connectivity index (χ4v) is 5.53. The standard InChI is InChI=1S/C23H28N6O4S/c1-28(2)34(32,33)23-20(14-25-29(23)3)26-22(31)18-7-5-4-6-17(18)21(30)16-10-8-15(9-11-16)19-12-13-24-27-19/h8-14,17-18H,4-7H2,1-3H3,(H,24,27)(H,26,31)/t17-,18-/m1/s1. The van der Waals surface area contributed by atoms with E-state index in [4.69, 9.17) is 0 Å². The van der Waals surface area contributed by atoms with Gasteiger partial charge in [-0.2, -0.15) is 10.2 Å². The van der Waals surface area contributed by atoms with Crippen LogP contribution in [0.25, 0.3) is 11.3 Å². The highest BCUT2D eigenvalue weighted by Crippen LogP contribution is 2.34. The van der Waals surface area contributed by atoms with Gasteiger partial charge in [-0.1, -0.05) is 37.1 Å². The number of ketones is 1. The van der Waals surface area contributed by atoms with Crippen molar-refractivity contribution in [1.29, 1.82) is 0 Å². The number of nitrogens with zero attached hydrogens (tertiary/aromatic N) is 4. The molecule has 3 aromatic rings. The highest BCUT2D eigenvalue weighted by Gasteiger charge is 2.37. The van der Waals surface area contributed by atoms with E-state index in [1.165, 1.54) is 32.0 Å². The zero-order valence-electron chi connectivity index (χ0n) is 19.4. The number of anilines is 1. The summed E-state index contributed by atoms with van der Waals surface area (Å²) in [6.45, 7) is 0. The topological polar surface area (TPSA) is 130 Å². The Morgan fingerprint density at radius 2 is 1.76 bits per heavy atom. The van der Waals surface area contributed by atoms with Crippen LogP contribution in [0.3, 0.4) is 0 Å². The summed E-state index contributed by atoms with van der Waals surface area (Å²) in [7, 11) is 0.520. The summed E-state index contributed by atoms with van der Waals surface area (Å²) in [5.41, 5.74) is 2.43. The maximum absolute atomic E-state index is 13.4. The number of hydrogen-bond acceptors (Lipinski definition) is 6. The van der Waals surface area contributed by atoms with Crippen molar-refractivity contribution in [1.82, 2.24) is 24.3 Å². The zero-order chi connectivity index (χ0) is 24.5. The average molecular weight is 485 g/mol. The van der Waals surface area contributed by atoms with Gasteiger partial charge in [-0.05, 0) is 24.5 Å². The number of H-pyrrole nitrogens is 1. The molecule has 2 atom stereocenters. The summed E-state index contributed by atoms with van der Waals surface area (Å²) in [5.74, 6) is -1.47. The number of hydrogen-bond donors (Lipinski definition) is 2. The average Bonchev–Trinajstić information content (AvgIpc) is 3.49. The number of rotatable bonds is 7. The molecular formula is C23H28N6O4S. The van der Waals surface area contributed by atoms with Crippen LogP contribution in [0, 0.1) is 11.8 Å². The smallest absolute Gasteiger partial charge is 0.261 e. The van der Waals surface area contributed by atoms with E-state index < -0.39 is 21.9 Å². The van der Waals surface area contributed by atoms with Gasteiger partial charge in [-0.25, -0.2) is 12.7 Å². The fraction of sp³-hybridized carbons (Fsp3) is 0.391. The molecule has 2 aromatic heterocycles. The van der Waals surface area contributed by atoms with Crippen LogP contribution in [-0.4, -0.2) is 58.5 Å². The summed E-state index contributed by atoms with van der Waals surface area (Å²) in [5, 5.41) is 13.5. The van der Waals surface area contributed by atoms with Crippen molar-refractivity contribution in [2.24, 2.45) is 18.9 Å². The van der Waals surface area contributed by atoms with Crippen LogP contribution in [0.1, 0.15) is 36.0 Å². The molecule has 0 unspecified atom stereocenters. The second-order valence-electron chi connectivity index (χ2n) is 8.67. The Labute approximate surface area is 198 Å². The maximum atomic E-state index is 13.4. The molecule has 34 heavy (non-hydrogen) atoms. The van der Waals surface area contributed by atoms with Crippen molar-refractivity contribution in [3.63, 3.8) is 0 Å². The molecule has 0 bridgehead atoms. The fourth-order valence-electron chi connectivity index (χ4n) is 4.42. The third-order valence-corrected chi connectivity index (χ3v) is 8.22. The van der Waals surface area contributed by atoms with E-state index in [0.29, 0.717) is 18.4 Å². The van der Waals surface area contributed by atoms with Gasteiger partial charge in [0, 0.05) is 44.7 Å². The Balaban J connectivity index is 1.55. The van der Waals surface area contributed by atoms with Crippen molar-refractivity contribution < 1.29 is 18.0 Å². The number of amides is 1. The van der Waals surface area contributed by atoms with E-state index in [0.717, 1.165) is 28.4 Å². The van der Waals surface area contributed by atoms with Crippen molar-refractivity contribution in [3.8, 4) is 11.3 Å². The summed E-state index contributed by atoms with van der Waals surface area (Å²) >= 11 is 0. The van der Waals surface area contributed by atoms with E-state index in [9.17, 15) is 18.0 Å². The van der Waals surface area contributed by atoms with Crippen molar-refractivity contribution in [2.75, 3.05) is 19.4 Å². The molecule has 180 valence electrons. The van der Waals surface area contributed by atoms with Gasteiger partial charge in [0.25, 0.3) is 10.0 Å². The van der Waals surface area contributed by atoms with Crippen LogP contribution in [0.15, 0.2) is 47.8 Å². The van der Waals surface area contributed by atoms with Gasteiger partial charge < -0.3 is 5.32 Å². The molecule has 11 heteroatoms. The molecular weight excluding hydrogens is 456 g/mol. The van der Waals surface area contributed by atoms with Crippen molar-refractivity contribution >= 4 is 27.4 Å². The lowest BCUT2D eigenvalue weighted by Crippen LogP contribution is -2.36. The Hall–Kier alpha value is -3.31. The van der Waals surface area contributed by atoms with Gasteiger partial charge in [-0.3, -0.25) is 19.4 Å². The van der Waals surface area contributed by atoms with Gasteiger partial charge in [-0.15, -0.1) is 0 Å². The van der Waals surface area contributed by atoms with E-state index in [-0.39, 0.29) is 22.4 Å². The minimum Gasteiger partial charge on any atom is -0.322 e. The quantitative estimate of drug-likeness (QED) is 0.496. The first kappa shape index (κ1) is 23.8. The zero-order valence-corrected chi connectivity index (χ0v) is 20.2. The first-order chi connectivity index (χ1) is 16.2. The molecule has 2 heterocycles. The number of aromatic amines is 1. The van der Waals surface area contributed by atoms with Crippen LogP contribution in [-0.2, 0) is 21.9 Å². The summed E-state index contributed by atoms with van der Waals surface area (Å²) in [4.78, 5) is 26.6. The molecule has 0 spiro atoms. The number of benzene rings is 1. The minimum absolute atomic E-state index is 0.0802. The predicted octanol–water partition coefficient (Wildman–Crippen LogP) is 2.69. The predicted molar refractivity (Wildman–Crippen MR) is 127 cm³/mol. The number of aromatic nitrogens is 4. The van der Waals surface area contributed by atoms with Crippen LogP contribution in [0.4, 0.5) is 5.69 Å². The number of nitrogens with one attached hydrogen (secondary N) is 2. The van der Waals surface area contributed by atoms with Gasteiger partial charge in [0.1, 0.15) is 5.69 Å². The Morgan fingerprint density at radius 1 is 1.09 bits per heavy atom. The molecule has 1 aliphatic carbocycles.